The van der Waals surface area contributed by atoms with Crippen LogP contribution in [0.4, 0.5) is 5.69 Å². The van der Waals surface area contributed by atoms with Crippen LogP contribution in [0.2, 0.25) is 5.02 Å². The number of halogens is 1. The van der Waals surface area contributed by atoms with Crippen molar-refractivity contribution in [1.29, 1.82) is 0 Å². The number of aryl methyl sites for hydroxylation is 2. The molecule has 0 spiro atoms. The number of methoxy groups -OCH3 is 1. The molecule has 0 radical (unpaired) electrons. The number of nitrogens with one attached hydrogen (secondary N) is 1. The van der Waals surface area contributed by atoms with Crippen LogP contribution in [0.25, 0.3) is 0 Å². The molecule has 0 aliphatic heterocycles. The first kappa shape index (κ1) is 23.8. The lowest BCUT2D eigenvalue weighted by atomic mass is 10.1. The molecule has 0 saturated heterocycles. The van der Waals surface area contributed by atoms with E-state index in [4.69, 9.17) is 16.3 Å². The molecule has 0 aromatic heterocycles. The van der Waals surface area contributed by atoms with Crippen molar-refractivity contribution in [3.05, 3.63) is 87.9 Å². The van der Waals surface area contributed by atoms with Crippen LogP contribution in [0, 0.1) is 13.8 Å². The Kier molecular flexibility index (Phi) is 7.23. The SMILES string of the molecule is COc1ccc(C(=O)Nc2cc(C)cc(C)c2)cc1CN(C)S(=O)(=O)c1ccc(Cl)cc1. The number of benzene rings is 3. The van der Waals surface area contributed by atoms with Gasteiger partial charge in [-0.3, -0.25) is 4.79 Å². The van der Waals surface area contributed by atoms with E-state index in [-0.39, 0.29) is 17.3 Å². The summed E-state index contributed by atoms with van der Waals surface area (Å²) in [5, 5.41) is 3.35. The molecule has 168 valence electrons. The molecule has 0 fully saturated rings. The molecule has 3 rings (SSSR count). The summed E-state index contributed by atoms with van der Waals surface area (Å²) in [6.07, 6.45) is 0. The van der Waals surface area contributed by atoms with Crippen molar-refractivity contribution in [3.8, 4) is 5.75 Å². The Hall–Kier alpha value is -2.87. The van der Waals surface area contributed by atoms with E-state index >= 15 is 0 Å². The summed E-state index contributed by atoms with van der Waals surface area (Å²) in [6, 6.07) is 16.7. The molecule has 1 amide bonds. The highest BCUT2D eigenvalue weighted by Gasteiger charge is 2.22. The van der Waals surface area contributed by atoms with Gasteiger partial charge in [0.25, 0.3) is 5.91 Å². The smallest absolute Gasteiger partial charge is 0.255 e. The van der Waals surface area contributed by atoms with E-state index in [0.29, 0.717) is 27.6 Å². The molecule has 0 unspecified atom stereocenters. The number of ether oxygens (including phenoxy) is 1. The van der Waals surface area contributed by atoms with Crippen LogP contribution in [-0.2, 0) is 16.6 Å². The Balaban J connectivity index is 1.85. The topological polar surface area (TPSA) is 75.7 Å². The minimum Gasteiger partial charge on any atom is -0.496 e. The summed E-state index contributed by atoms with van der Waals surface area (Å²) in [5.41, 5.74) is 3.76. The van der Waals surface area contributed by atoms with E-state index < -0.39 is 10.0 Å². The van der Waals surface area contributed by atoms with Crippen molar-refractivity contribution in [2.45, 2.75) is 25.3 Å². The maximum atomic E-state index is 12.9. The summed E-state index contributed by atoms with van der Waals surface area (Å²) in [4.78, 5) is 13.0. The molecule has 6 nitrogen and oxygen atoms in total. The quantitative estimate of drug-likeness (QED) is 0.522. The lowest BCUT2D eigenvalue weighted by Gasteiger charge is -2.19. The monoisotopic (exact) mass is 472 g/mol. The van der Waals surface area contributed by atoms with E-state index in [9.17, 15) is 13.2 Å². The molecular weight excluding hydrogens is 448 g/mol. The second-order valence-electron chi connectivity index (χ2n) is 7.57. The van der Waals surface area contributed by atoms with Gasteiger partial charge in [0.05, 0.1) is 12.0 Å². The van der Waals surface area contributed by atoms with E-state index in [1.807, 2.05) is 32.0 Å². The number of hydrogen-bond acceptors (Lipinski definition) is 4. The van der Waals surface area contributed by atoms with E-state index in [0.717, 1.165) is 11.1 Å². The molecule has 0 aliphatic carbocycles. The number of carbonyl (C=O) groups is 1. The maximum absolute atomic E-state index is 12.9. The van der Waals surface area contributed by atoms with Gasteiger partial charge in [0, 0.05) is 35.4 Å². The summed E-state index contributed by atoms with van der Waals surface area (Å²) >= 11 is 5.87. The number of anilines is 1. The summed E-state index contributed by atoms with van der Waals surface area (Å²) < 4.78 is 32.5. The van der Waals surface area contributed by atoms with Crippen molar-refractivity contribution in [1.82, 2.24) is 4.31 Å². The fourth-order valence-electron chi connectivity index (χ4n) is 3.40. The van der Waals surface area contributed by atoms with Gasteiger partial charge in [-0.15, -0.1) is 0 Å². The van der Waals surface area contributed by atoms with Crippen LogP contribution in [0.1, 0.15) is 27.0 Å². The highest BCUT2D eigenvalue weighted by atomic mass is 35.5. The number of amides is 1. The fraction of sp³-hybridized carbons (Fsp3) is 0.208. The lowest BCUT2D eigenvalue weighted by molar-refractivity contribution is 0.102. The predicted molar refractivity (Wildman–Crippen MR) is 127 cm³/mol. The van der Waals surface area contributed by atoms with Crippen molar-refractivity contribution in [2.75, 3.05) is 19.5 Å². The molecule has 32 heavy (non-hydrogen) atoms. The van der Waals surface area contributed by atoms with Crippen LogP contribution in [0.3, 0.4) is 0 Å². The van der Waals surface area contributed by atoms with Crippen molar-refractivity contribution in [3.63, 3.8) is 0 Å². The molecule has 0 saturated carbocycles. The zero-order valence-corrected chi connectivity index (χ0v) is 19.9. The van der Waals surface area contributed by atoms with Crippen LogP contribution in [0.15, 0.2) is 65.6 Å². The molecule has 0 aliphatic rings. The van der Waals surface area contributed by atoms with Gasteiger partial charge in [0.15, 0.2) is 0 Å². The molecule has 0 heterocycles. The standard InChI is InChI=1S/C24H25ClN2O4S/c1-16-11-17(2)13-21(12-16)26-24(28)18-5-10-23(31-4)19(14-18)15-27(3)32(29,30)22-8-6-20(25)7-9-22/h5-14H,15H2,1-4H3,(H,26,28). The third kappa shape index (κ3) is 5.48. The summed E-state index contributed by atoms with van der Waals surface area (Å²) in [5.74, 6) is 0.202. The van der Waals surface area contributed by atoms with E-state index in [1.54, 1.807) is 18.2 Å². The zero-order valence-electron chi connectivity index (χ0n) is 18.3. The van der Waals surface area contributed by atoms with Crippen LogP contribution in [-0.4, -0.2) is 32.8 Å². The van der Waals surface area contributed by atoms with Gasteiger partial charge in [-0.05, 0) is 79.6 Å². The molecule has 3 aromatic carbocycles. The predicted octanol–water partition coefficient (Wildman–Crippen LogP) is 5.04. The van der Waals surface area contributed by atoms with E-state index in [2.05, 4.69) is 5.32 Å². The van der Waals surface area contributed by atoms with Crippen molar-refractivity contribution < 1.29 is 17.9 Å². The van der Waals surface area contributed by atoms with Gasteiger partial charge in [-0.25, -0.2) is 8.42 Å². The second kappa shape index (κ2) is 9.73. The van der Waals surface area contributed by atoms with Crippen molar-refractivity contribution in [2.24, 2.45) is 0 Å². The Morgan fingerprint density at radius 1 is 1.00 bits per heavy atom. The largest absolute Gasteiger partial charge is 0.496 e. The van der Waals surface area contributed by atoms with Gasteiger partial charge in [-0.2, -0.15) is 4.31 Å². The van der Waals surface area contributed by atoms with Crippen LogP contribution in [0.5, 0.6) is 5.75 Å². The third-order valence-electron chi connectivity index (χ3n) is 4.94. The van der Waals surface area contributed by atoms with Crippen LogP contribution < -0.4 is 10.1 Å². The van der Waals surface area contributed by atoms with E-state index in [1.165, 1.54) is 42.7 Å². The minimum absolute atomic E-state index is 0.0266. The summed E-state index contributed by atoms with van der Waals surface area (Å²) in [6.45, 7) is 3.95. The number of sulfonamides is 1. The molecule has 0 bridgehead atoms. The first-order valence-electron chi connectivity index (χ1n) is 9.88. The second-order valence-corrected chi connectivity index (χ2v) is 10.1. The number of rotatable bonds is 7. The third-order valence-corrected chi connectivity index (χ3v) is 7.01. The summed E-state index contributed by atoms with van der Waals surface area (Å²) in [7, 11) is -0.772. The van der Waals surface area contributed by atoms with Gasteiger partial charge in [0.2, 0.25) is 10.0 Å². The maximum Gasteiger partial charge on any atom is 0.255 e. The lowest BCUT2D eigenvalue weighted by Crippen LogP contribution is -2.27. The first-order valence-corrected chi connectivity index (χ1v) is 11.7. The average Bonchev–Trinajstić information content (AvgIpc) is 2.73. The molecule has 3 aromatic rings. The normalized spacial score (nSPS) is 11.4. The molecule has 0 atom stereocenters. The number of hydrogen-bond donors (Lipinski definition) is 1. The highest BCUT2D eigenvalue weighted by molar-refractivity contribution is 7.89. The Morgan fingerprint density at radius 3 is 2.22 bits per heavy atom. The molecule has 1 N–H and O–H groups in total. The van der Waals surface area contributed by atoms with Crippen LogP contribution >= 0.6 is 11.6 Å². The van der Waals surface area contributed by atoms with Gasteiger partial charge >= 0.3 is 0 Å². The van der Waals surface area contributed by atoms with Gasteiger partial charge in [0.1, 0.15) is 5.75 Å². The van der Waals surface area contributed by atoms with Crippen molar-refractivity contribution >= 4 is 33.2 Å². The number of nitrogens with zero attached hydrogens (tertiary/aromatic N) is 1. The minimum atomic E-state index is -3.75. The Morgan fingerprint density at radius 2 is 1.62 bits per heavy atom. The Bertz CT molecular complexity index is 1220. The van der Waals surface area contributed by atoms with Gasteiger partial charge < -0.3 is 10.1 Å². The van der Waals surface area contributed by atoms with Gasteiger partial charge in [-0.1, -0.05) is 17.7 Å². The highest BCUT2D eigenvalue weighted by Crippen LogP contribution is 2.25. The average molecular weight is 473 g/mol. The zero-order chi connectivity index (χ0) is 23.5. The molecular formula is C24H25ClN2O4S. The first-order chi connectivity index (χ1) is 15.1. The Labute approximate surface area is 193 Å². The number of carbonyl (C=O) groups excluding carboxylic acids is 1. The fourth-order valence-corrected chi connectivity index (χ4v) is 4.68. The molecule has 8 heteroatoms.